The molecule has 0 saturated heterocycles. The Kier molecular flexibility index (Phi) is 7.84. The number of carbonyl (C=O) groups is 1. The molecule has 0 heterocycles. The molecule has 19 heavy (non-hydrogen) atoms. The molecule has 1 atom stereocenters. The molecule has 1 rings (SSSR count). The Morgan fingerprint density at radius 3 is 2.58 bits per heavy atom. The summed E-state index contributed by atoms with van der Waals surface area (Å²) in [5.74, 6) is 2.27. The van der Waals surface area contributed by atoms with Crippen molar-refractivity contribution < 1.29 is 9.53 Å². The Morgan fingerprint density at radius 2 is 2.00 bits per heavy atom. The van der Waals surface area contributed by atoms with Crippen molar-refractivity contribution >= 4 is 17.7 Å². The van der Waals surface area contributed by atoms with Gasteiger partial charge in [-0.15, -0.1) is 0 Å². The highest BCUT2D eigenvalue weighted by Gasteiger charge is 2.38. The summed E-state index contributed by atoms with van der Waals surface area (Å²) in [4.78, 5) is 11.9. The van der Waals surface area contributed by atoms with Gasteiger partial charge in [-0.2, -0.15) is 11.8 Å². The largest absolute Gasteiger partial charge is 0.468 e. The van der Waals surface area contributed by atoms with Crippen molar-refractivity contribution in [1.82, 2.24) is 5.32 Å². The number of hydrogen-bond donors (Lipinski definition) is 1. The van der Waals surface area contributed by atoms with E-state index in [2.05, 4.69) is 12.2 Å². The van der Waals surface area contributed by atoms with Crippen LogP contribution in [-0.4, -0.2) is 36.2 Å². The minimum absolute atomic E-state index is 0.115. The van der Waals surface area contributed by atoms with Crippen LogP contribution in [0.15, 0.2) is 0 Å². The minimum atomic E-state index is -0.486. The second kappa shape index (κ2) is 8.85. The van der Waals surface area contributed by atoms with E-state index in [0.29, 0.717) is 6.04 Å². The van der Waals surface area contributed by atoms with Crippen LogP contribution in [0.2, 0.25) is 0 Å². The summed E-state index contributed by atoms with van der Waals surface area (Å²) in [6, 6.07) is 0.529. The van der Waals surface area contributed by atoms with Gasteiger partial charge in [-0.3, -0.25) is 10.1 Å². The van der Waals surface area contributed by atoms with E-state index in [1.165, 1.54) is 45.0 Å². The van der Waals surface area contributed by atoms with Crippen LogP contribution in [0.5, 0.6) is 0 Å². The lowest BCUT2D eigenvalue weighted by atomic mass is 9.96. The lowest BCUT2D eigenvalue weighted by Crippen LogP contribution is -2.51. The number of unbranched alkanes of at least 4 members (excludes halogenated alkanes) is 2. The average molecular weight is 287 g/mol. The van der Waals surface area contributed by atoms with Crippen LogP contribution < -0.4 is 5.32 Å². The van der Waals surface area contributed by atoms with Gasteiger partial charge in [0.15, 0.2) is 0 Å². The van der Waals surface area contributed by atoms with E-state index in [0.717, 1.165) is 18.6 Å². The summed E-state index contributed by atoms with van der Waals surface area (Å²) in [5.41, 5.74) is -0.486. The van der Waals surface area contributed by atoms with Crippen LogP contribution in [0.1, 0.15) is 58.8 Å². The molecule has 0 bridgehead atoms. The third-order valence-electron chi connectivity index (χ3n) is 3.59. The maximum Gasteiger partial charge on any atom is 0.325 e. The number of rotatable bonds is 11. The van der Waals surface area contributed by atoms with Gasteiger partial charge in [0.05, 0.1) is 7.11 Å². The van der Waals surface area contributed by atoms with Crippen molar-refractivity contribution in [3.05, 3.63) is 0 Å². The molecular formula is C15H29NO2S. The third kappa shape index (κ3) is 6.66. The first kappa shape index (κ1) is 16.8. The second-order valence-electron chi connectivity index (χ2n) is 5.67. The summed E-state index contributed by atoms with van der Waals surface area (Å²) < 4.78 is 4.95. The number of methoxy groups -OCH3 is 1. The maximum atomic E-state index is 11.9. The number of hydrogen-bond acceptors (Lipinski definition) is 4. The predicted molar refractivity (Wildman–Crippen MR) is 82.7 cm³/mol. The van der Waals surface area contributed by atoms with Crippen molar-refractivity contribution in [2.24, 2.45) is 0 Å². The fraction of sp³-hybridized carbons (Fsp3) is 0.933. The van der Waals surface area contributed by atoms with Gasteiger partial charge in [0.1, 0.15) is 5.54 Å². The highest BCUT2D eigenvalue weighted by molar-refractivity contribution is 7.99. The van der Waals surface area contributed by atoms with Gasteiger partial charge in [-0.1, -0.05) is 19.8 Å². The Bertz CT molecular complexity index is 269. The number of nitrogens with one attached hydrogen (secondary N) is 1. The van der Waals surface area contributed by atoms with Crippen molar-refractivity contribution in [1.29, 1.82) is 0 Å². The molecule has 1 aliphatic carbocycles. The van der Waals surface area contributed by atoms with E-state index in [-0.39, 0.29) is 5.97 Å². The first-order valence-electron chi connectivity index (χ1n) is 7.56. The summed E-state index contributed by atoms with van der Waals surface area (Å²) >= 11 is 2.01. The van der Waals surface area contributed by atoms with E-state index in [9.17, 15) is 4.79 Å². The summed E-state index contributed by atoms with van der Waals surface area (Å²) in [6.07, 6.45) is 8.26. The van der Waals surface area contributed by atoms with Crippen LogP contribution in [0.4, 0.5) is 0 Å². The lowest BCUT2D eigenvalue weighted by molar-refractivity contribution is -0.148. The molecule has 1 N–H and O–H groups in total. The molecule has 0 aromatic heterocycles. The molecule has 0 radical (unpaired) electrons. The molecule has 1 aliphatic rings. The lowest BCUT2D eigenvalue weighted by Gasteiger charge is -2.28. The van der Waals surface area contributed by atoms with Gasteiger partial charge in [0.25, 0.3) is 0 Å². The van der Waals surface area contributed by atoms with Crippen molar-refractivity contribution in [3.8, 4) is 0 Å². The highest BCUT2D eigenvalue weighted by atomic mass is 32.2. The van der Waals surface area contributed by atoms with Crippen molar-refractivity contribution in [2.45, 2.75) is 70.4 Å². The second-order valence-corrected chi connectivity index (χ2v) is 6.89. The van der Waals surface area contributed by atoms with Crippen LogP contribution in [0.3, 0.4) is 0 Å². The maximum absolute atomic E-state index is 11.9. The molecule has 1 saturated carbocycles. The van der Waals surface area contributed by atoms with Crippen molar-refractivity contribution in [3.63, 3.8) is 0 Å². The molecule has 0 aromatic carbocycles. The number of esters is 1. The highest BCUT2D eigenvalue weighted by Crippen LogP contribution is 2.26. The number of thioether (sulfide) groups is 1. The van der Waals surface area contributed by atoms with Crippen LogP contribution >= 0.6 is 11.8 Å². The first-order chi connectivity index (χ1) is 9.12. The molecular weight excluding hydrogens is 258 g/mol. The molecule has 1 fully saturated rings. The molecule has 0 amide bonds. The zero-order valence-corrected chi connectivity index (χ0v) is 13.5. The van der Waals surface area contributed by atoms with E-state index in [1.54, 1.807) is 0 Å². The van der Waals surface area contributed by atoms with Gasteiger partial charge in [-0.05, 0) is 50.5 Å². The summed E-state index contributed by atoms with van der Waals surface area (Å²) in [6.45, 7) is 4.22. The van der Waals surface area contributed by atoms with E-state index in [1.807, 2.05) is 18.7 Å². The Labute approximate surface area is 122 Å². The summed E-state index contributed by atoms with van der Waals surface area (Å²) in [7, 11) is 1.48. The quantitative estimate of drug-likeness (QED) is 0.467. The predicted octanol–water partition coefficient (Wildman–Crippen LogP) is 3.37. The summed E-state index contributed by atoms with van der Waals surface area (Å²) in [5, 5.41) is 3.45. The topological polar surface area (TPSA) is 38.3 Å². The zero-order valence-electron chi connectivity index (χ0n) is 12.7. The van der Waals surface area contributed by atoms with Gasteiger partial charge < -0.3 is 4.74 Å². The standard InChI is InChI=1S/C15H29NO2S/c1-4-5-6-11-19-12-7-10-15(2,14(17)18-3)16-13-8-9-13/h13,16H,4-12H2,1-3H3. The minimum Gasteiger partial charge on any atom is -0.468 e. The van der Waals surface area contributed by atoms with Gasteiger partial charge in [0, 0.05) is 6.04 Å². The van der Waals surface area contributed by atoms with Crippen molar-refractivity contribution in [2.75, 3.05) is 18.6 Å². The number of carbonyl (C=O) groups excluding carboxylic acids is 1. The van der Waals surface area contributed by atoms with Gasteiger partial charge >= 0.3 is 5.97 Å². The average Bonchev–Trinajstić information content (AvgIpc) is 3.20. The Balaban J connectivity index is 2.19. The molecule has 3 nitrogen and oxygen atoms in total. The van der Waals surface area contributed by atoms with Crippen LogP contribution in [0, 0.1) is 0 Å². The van der Waals surface area contributed by atoms with Crippen LogP contribution in [0.25, 0.3) is 0 Å². The Morgan fingerprint density at radius 1 is 1.32 bits per heavy atom. The van der Waals surface area contributed by atoms with Gasteiger partial charge in [0.2, 0.25) is 0 Å². The molecule has 0 spiro atoms. The van der Waals surface area contributed by atoms with E-state index in [4.69, 9.17) is 4.74 Å². The molecule has 112 valence electrons. The molecule has 1 unspecified atom stereocenters. The SMILES string of the molecule is CCCCCSCCCC(C)(NC1CC1)C(=O)OC. The number of ether oxygens (including phenoxy) is 1. The molecule has 0 aromatic rings. The van der Waals surface area contributed by atoms with E-state index >= 15 is 0 Å². The normalized spacial score (nSPS) is 18.1. The fourth-order valence-corrected chi connectivity index (χ4v) is 3.18. The fourth-order valence-electron chi connectivity index (χ4n) is 2.22. The van der Waals surface area contributed by atoms with E-state index < -0.39 is 5.54 Å². The van der Waals surface area contributed by atoms with Gasteiger partial charge in [-0.25, -0.2) is 0 Å². The third-order valence-corrected chi connectivity index (χ3v) is 4.75. The molecule has 4 heteroatoms. The zero-order chi connectivity index (χ0) is 14.1. The molecule has 0 aliphatic heterocycles. The van der Waals surface area contributed by atoms with Crippen LogP contribution in [-0.2, 0) is 9.53 Å². The smallest absolute Gasteiger partial charge is 0.325 e. The first-order valence-corrected chi connectivity index (χ1v) is 8.71. The Hall–Kier alpha value is -0.220. The monoisotopic (exact) mass is 287 g/mol.